The smallest absolute Gasteiger partial charge is 0.258 e. The number of nitrogens with two attached hydrogens (primary N) is 1. The molecule has 4 aromatic rings. The highest BCUT2D eigenvalue weighted by Gasteiger charge is 2.24. The number of H-pyrrole nitrogens is 1. The molecule has 2 aromatic carbocycles. The topological polar surface area (TPSA) is 62.4 Å². The monoisotopic (exact) mass is 418 g/mol. The minimum Gasteiger partial charge on any atom is -0.327 e. The van der Waals surface area contributed by atoms with Crippen LogP contribution in [0.15, 0.2) is 70.8 Å². The highest BCUT2D eigenvalue weighted by atomic mass is 32.1. The Morgan fingerprint density at radius 2 is 1.73 bits per heavy atom. The van der Waals surface area contributed by atoms with Crippen LogP contribution in [0.3, 0.4) is 0 Å². The second-order valence-corrected chi connectivity index (χ2v) is 8.90. The molecule has 0 aliphatic heterocycles. The minimum atomic E-state index is -0.0820. The number of rotatable bonds is 7. The number of benzene rings is 2. The highest BCUT2D eigenvalue weighted by molar-refractivity contribution is 7.10. The third kappa shape index (κ3) is 4.23. The van der Waals surface area contributed by atoms with Gasteiger partial charge in [-0.1, -0.05) is 56.3 Å². The van der Waals surface area contributed by atoms with E-state index in [1.807, 2.05) is 24.3 Å². The Bertz CT molecular complexity index is 1170. The van der Waals surface area contributed by atoms with E-state index in [4.69, 9.17) is 4.98 Å². The van der Waals surface area contributed by atoms with Gasteiger partial charge in [-0.15, -0.1) is 11.3 Å². The quantitative estimate of drug-likeness (QED) is 0.448. The van der Waals surface area contributed by atoms with Gasteiger partial charge in [-0.05, 0) is 48.4 Å². The SMILES string of the molecule is CC[C@H](C)c1ccc([C@@H]([NH2+][C@@H](C)c2nc3ccccc3c(=O)[nH]2)c2cccs2)cc1. The number of para-hydroxylation sites is 1. The van der Waals surface area contributed by atoms with Crippen LogP contribution in [0.4, 0.5) is 0 Å². The maximum Gasteiger partial charge on any atom is 0.258 e. The summed E-state index contributed by atoms with van der Waals surface area (Å²) in [6, 6.07) is 20.9. The summed E-state index contributed by atoms with van der Waals surface area (Å²) in [5.74, 6) is 1.27. The van der Waals surface area contributed by atoms with Gasteiger partial charge in [0.1, 0.15) is 12.1 Å². The predicted octanol–water partition coefficient (Wildman–Crippen LogP) is 4.91. The molecule has 0 aliphatic carbocycles. The van der Waals surface area contributed by atoms with Crippen LogP contribution in [0.5, 0.6) is 0 Å². The average Bonchev–Trinajstić information content (AvgIpc) is 3.31. The van der Waals surface area contributed by atoms with Gasteiger partial charge >= 0.3 is 0 Å². The summed E-state index contributed by atoms with van der Waals surface area (Å²) in [6.07, 6.45) is 1.14. The third-order valence-electron chi connectivity index (χ3n) is 5.87. The van der Waals surface area contributed by atoms with Crippen molar-refractivity contribution in [2.24, 2.45) is 0 Å². The molecule has 3 N–H and O–H groups in total. The maximum atomic E-state index is 12.5. The van der Waals surface area contributed by atoms with Crippen LogP contribution >= 0.6 is 11.3 Å². The van der Waals surface area contributed by atoms with Gasteiger partial charge in [0, 0.05) is 5.56 Å². The normalized spacial score (nSPS) is 14.5. The standard InChI is InChI=1S/C25H27N3OS/c1-4-16(2)18-11-13-19(14-12-18)23(22-10-7-15-30-22)26-17(3)24-27-21-9-6-5-8-20(21)25(29)28-24/h5-17,23,26H,4H2,1-3H3,(H,27,28,29)/p+1/t16-,17-,23+/m0/s1. The van der Waals surface area contributed by atoms with Crippen LogP contribution in [0.1, 0.15) is 67.0 Å². The molecule has 0 fully saturated rings. The number of aromatic amines is 1. The fourth-order valence-electron chi connectivity index (χ4n) is 3.81. The second kappa shape index (κ2) is 8.94. The maximum absolute atomic E-state index is 12.5. The van der Waals surface area contributed by atoms with Crippen LogP contribution in [0.2, 0.25) is 0 Å². The third-order valence-corrected chi connectivity index (χ3v) is 6.83. The average molecular weight is 419 g/mol. The molecule has 2 aromatic heterocycles. The molecule has 30 heavy (non-hydrogen) atoms. The van der Waals surface area contributed by atoms with E-state index < -0.39 is 0 Å². The van der Waals surface area contributed by atoms with Crippen LogP contribution in [-0.2, 0) is 0 Å². The number of quaternary nitrogens is 1. The van der Waals surface area contributed by atoms with Crippen LogP contribution in [0.25, 0.3) is 10.9 Å². The molecule has 0 unspecified atom stereocenters. The number of hydrogen-bond acceptors (Lipinski definition) is 3. The molecule has 3 atom stereocenters. The molecule has 0 amide bonds. The molecular weight excluding hydrogens is 390 g/mol. The fourth-order valence-corrected chi connectivity index (χ4v) is 4.64. The van der Waals surface area contributed by atoms with Crippen LogP contribution < -0.4 is 10.9 Å². The van der Waals surface area contributed by atoms with Gasteiger partial charge in [0.15, 0.2) is 5.82 Å². The molecule has 0 radical (unpaired) electrons. The van der Waals surface area contributed by atoms with Crippen molar-refractivity contribution in [3.8, 4) is 0 Å². The Balaban J connectivity index is 1.65. The zero-order valence-corrected chi connectivity index (χ0v) is 18.4. The Morgan fingerprint density at radius 3 is 2.43 bits per heavy atom. The van der Waals surface area contributed by atoms with Crippen molar-refractivity contribution < 1.29 is 5.32 Å². The van der Waals surface area contributed by atoms with Gasteiger partial charge in [0.2, 0.25) is 0 Å². The van der Waals surface area contributed by atoms with Gasteiger partial charge in [-0.3, -0.25) is 4.79 Å². The van der Waals surface area contributed by atoms with E-state index in [-0.39, 0.29) is 17.6 Å². The lowest BCUT2D eigenvalue weighted by Crippen LogP contribution is -2.86. The molecule has 4 rings (SSSR count). The van der Waals surface area contributed by atoms with Crippen molar-refractivity contribution in [2.75, 3.05) is 0 Å². The van der Waals surface area contributed by atoms with Crippen molar-refractivity contribution in [1.29, 1.82) is 0 Å². The largest absolute Gasteiger partial charge is 0.327 e. The number of hydrogen-bond donors (Lipinski definition) is 2. The first kappa shape index (κ1) is 20.5. The van der Waals surface area contributed by atoms with E-state index in [1.54, 1.807) is 11.3 Å². The van der Waals surface area contributed by atoms with Crippen molar-refractivity contribution in [2.45, 2.75) is 45.2 Å². The van der Waals surface area contributed by atoms with Gasteiger partial charge in [-0.2, -0.15) is 0 Å². The lowest BCUT2D eigenvalue weighted by atomic mass is 9.95. The van der Waals surface area contributed by atoms with E-state index >= 15 is 0 Å². The number of nitrogens with one attached hydrogen (secondary N) is 1. The molecular formula is C25H28N3OS+. The summed E-state index contributed by atoms with van der Waals surface area (Å²) >= 11 is 1.76. The molecule has 154 valence electrons. The van der Waals surface area contributed by atoms with Gasteiger partial charge < -0.3 is 10.3 Å². The van der Waals surface area contributed by atoms with Crippen molar-refractivity contribution in [3.05, 3.63) is 98.2 Å². The molecule has 0 aliphatic rings. The summed E-state index contributed by atoms with van der Waals surface area (Å²) in [4.78, 5) is 21.5. The fraction of sp³-hybridized carbons (Fsp3) is 0.280. The molecule has 0 saturated heterocycles. The van der Waals surface area contributed by atoms with Crippen molar-refractivity contribution >= 4 is 22.2 Å². The predicted molar refractivity (Wildman–Crippen MR) is 124 cm³/mol. The van der Waals surface area contributed by atoms with Crippen LogP contribution in [0, 0.1) is 0 Å². The Labute approximate surface area is 181 Å². The van der Waals surface area contributed by atoms with Crippen LogP contribution in [-0.4, -0.2) is 9.97 Å². The molecule has 0 spiro atoms. The first-order valence-corrected chi connectivity index (χ1v) is 11.4. The minimum absolute atomic E-state index is 0.00338. The zero-order chi connectivity index (χ0) is 21.1. The lowest BCUT2D eigenvalue weighted by Gasteiger charge is -2.20. The summed E-state index contributed by atoms with van der Waals surface area (Å²) in [6.45, 7) is 6.59. The van der Waals surface area contributed by atoms with Gasteiger partial charge in [0.05, 0.1) is 15.8 Å². The lowest BCUT2D eigenvalue weighted by molar-refractivity contribution is -0.723. The Hall–Kier alpha value is -2.76. The van der Waals surface area contributed by atoms with Gasteiger partial charge in [-0.25, -0.2) is 4.98 Å². The highest BCUT2D eigenvalue weighted by Crippen LogP contribution is 2.26. The number of aromatic nitrogens is 2. The Kier molecular flexibility index (Phi) is 6.11. The molecule has 2 heterocycles. The zero-order valence-electron chi connectivity index (χ0n) is 17.6. The Morgan fingerprint density at radius 1 is 1.00 bits per heavy atom. The summed E-state index contributed by atoms with van der Waals surface area (Å²) < 4.78 is 0. The molecule has 5 heteroatoms. The molecule has 4 nitrogen and oxygen atoms in total. The van der Waals surface area contributed by atoms with E-state index in [9.17, 15) is 4.79 Å². The second-order valence-electron chi connectivity index (χ2n) is 7.92. The van der Waals surface area contributed by atoms with E-state index in [2.05, 4.69) is 72.9 Å². The van der Waals surface area contributed by atoms with Gasteiger partial charge in [0.25, 0.3) is 5.56 Å². The first-order chi connectivity index (χ1) is 14.6. The molecule has 0 saturated carbocycles. The van der Waals surface area contributed by atoms with Crippen molar-refractivity contribution in [1.82, 2.24) is 9.97 Å². The first-order valence-electron chi connectivity index (χ1n) is 10.5. The summed E-state index contributed by atoms with van der Waals surface area (Å²) in [7, 11) is 0. The summed E-state index contributed by atoms with van der Waals surface area (Å²) in [5.41, 5.74) is 3.29. The van der Waals surface area contributed by atoms with E-state index in [0.29, 0.717) is 17.1 Å². The summed E-state index contributed by atoms with van der Waals surface area (Å²) in [5, 5.41) is 5.03. The van der Waals surface area contributed by atoms with E-state index in [1.165, 1.54) is 16.0 Å². The van der Waals surface area contributed by atoms with Crippen molar-refractivity contribution in [3.63, 3.8) is 0 Å². The van der Waals surface area contributed by atoms with E-state index in [0.717, 1.165) is 11.9 Å². The number of nitrogens with zero attached hydrogens (tertiary/aromatic N) is 1. The number of fused-ring (bicyclic) bond motifs is 1. The number of thiophene rings is 1. The molecule has 0 bridgehead atoms.